The molecule has 0 aliphatic carbocycles. The lowest BCUT2D eigenvalue weighted by molar-refractivity contribution is 0.986. The van der Waals surface area contributed by atoms with E-state index in [1.54, 1.807) is 12.5 Å². The number of aryl methyl sites for hydroxylation is 1. The van der Waals surface area contributed by atoms with Gasteiger partial charge in [-0.2, -0.15) is 5.10 Å². The Morgan fingerprint density at radius 3 is 2.67 bits per heavy atom. The Hall–Kier alpha value is -2.69. The van der Waals surface area contributed by atoms with E-state index < -0.39 is 0 Å². The molecule has 0 atom stereocenters. The highest BCUT2D eigenvalue weighted by atomic mass is 15.1. The van der Waals surface area contributed by atoms with Crippen molar-refractivity contribution in [2.45, 2.75) is 19.9 Å². The van der Waals surface area contributed by atoms with Crippen LogP contribution in [-0.4, -0.2) is 20.2 Å². The lowest BCUT2D eigenvalue weighted by atomic mass is 10.1. The first-order chi connectivity index (χ1) is 10.3. The minimum Gasteiger partial charge on any atom is -0.366 e. The van der Waals surface area contributed by atoms with E-state index in [-0.39, 0.29) is 0 Å². The van der Waals surface area contributed by atoms with Crippen LogP contribution in [0.15, 0.2) is 48.9 Å². The van der Waals surface area contributed by atoms with Gasteiger partial charge >= 0.3 is 0 Å². The molecule has 0 amide bonds. The van der Waals surface area contributed by atoms with Crippen LogP contribution >= 0.6 is 0 Å². The Kier molecular flexibility index (Phi) is 3.91. The van der Waals surface area contributed by atoms with E-state index in [9.17, 15) is 0 Å². The number of benzene rings is 1. The van der Waals surface area contributed by atoms with Crippen LogP contribution in [0.3, 0.4) is 0 Å². The largest absolute Gasteiger partial charge is 0.366 e. The van der Waals surface area contributed by atoms with Gasteiger partial charge in [-0.1, -0.05) is 31.2 Å². The molecule has 0 bridgehead atoms. The molecule has 0 saturated heterocycles. The summed E-state index contributed by atoms with van der Waals surface area (Å²) in [6.07, 6.45) is 4.27. The lowest BCUT2D eigenvalue weighted by Gasteiger charge is -2.07. The lowest BCUT2D eigenvalue weighted by Crippen LogP contribution is -2.02. The molecule has 2 aromatic heterocycles. The van der Waals surface area contributed by atoms with Gasteiger partial charge in [-0.05, 0) is 23.6 Å². The number of H-pyrrole nitrogens is 1. The summed E-state index contributed by atoms with van der Waals surface area (Å²) in [7, 11) is 0. The minimum absolute atomic E-state index is 0.740. The Morgan fingerprint density at radius 1 is 1.10 bits per heavy atom. The Labute approximate surface area is 123 Å². The number of hydrogen-bond acceptors (Lipinski definition) is 4. The van der Waals surface area contributed by atoms with Gasteiger partial charge in [0.1, 0.15) is 12.1 Å². The molecule has 21 heavy (non-hydrogen) atoms. The van der Waals surface area contributed by atoms with Crippen LogP contribution < -0.4 is 5.32 Å². The zero-order valence-corrected chi connectivity index (χ0v) is 11.9. The van der Waals surface area contributed by atoms with Crippen molar-refractivity contribution < 1.29 is 0 Å². The third-order valence-electron chi connectivity index (χ3n) is 3.33. The molecule has 0 aliphatic rings. The maximum absolute atomic E-state index is 4.23. The zero-order valence-electron chi connectivity index (χ0n) is 11.9. The summed E-state index contributed by atoms with van der Waals surface area (Å²) in [5.74, 6) is 0.861. The average Bonchev–Trinajstić information content (AvgIpc) is 3.08. The number of aromatic amines is 1. The van der Waals surface area contributed by atoms with Gasteiger partial charge in [0, 0.05) is 24.5 Å². The molecule has 0 aliphatic heterocycles. The molecule has 2 heterocycles. The van der Waals surface area contributed by atoms with E-state index >= 15 is 0 Å². The monoisotopic (exact) mass is 279 g/mol. The van der Waals surface area contributed by atoms with E-state index in [0.29, 0.717) is 0 Å². The van der Waals surface area contributed by atoms with Crippen molar-refractivity contribution in [2.24, 2.45) is 0 Å². The van der Waals surface area contributed by atoms with Crippen LogP contribution in [0, 0.1) is 0 Å². The van der Waals surface area contributed by atoms with Gasteiger partial charge in [-0.15, -0.1) is 0 Å². The SMILES string of the molecule is CCc1cc(NCc2ccc(-c3ccn[nH]3)cc2)ncn1. The maximum Gasteiger partial charge on any atom is 0.129 e. The molecule has 0 unspecified atom stereocenters. The van der Waals surface area contributed by atoms with Crippen molar-refractivity contribution in [3.05, 3.63) is 60.2 Å². The fraction of sp³-hybridized carbons (Fsp3) is 0.188. The average molecular weight is 279 g/mol. The number of aromatic nitrogens is 4. The topological polar surface area (TPSA) is 66.5 Å². The Bertz CT molecular complexity index is 689. The number of anilines is 1. The van der Waals surface area contributed by atoms with Crippen molar-refractivity contribution in [1.82, 2.24) is 20.2 Å². The van der Waals surface area contributed by atoms with E-state index in [4.69, 9.17) is 0 Å². The van der Waals surface area contributed by atoms with Crippen LogP contribution in [0.5, 0.6) is 0 Å². The third-order valence-corrected chi connectivity index (χ3v) is 3.33. The van der Waals surface area contributed by atoms with E-state index in [2.05, 4.69) is 56.7 Å². The predicted octanol–water partition coefficient (Wildman–Crippen LogP) is 3.04. The maximum atomic E-state index is 4.23. The molecule has 3 aromatic rings. The van der Waals surface area contributed by atoms with E-state index in [0.717, 1.165) is 35.7 Å². The molecule has 1 aromatic carbocycles. The summed E-state index contributed by atoms with van der Waals surface area (Å²) >= 11 is 0. The molecule has 0 saturated carbocycles. The fourth-order valence-corrected chi connectivity index (χ4v) is 2.10. The zero-order chi connectivity index (χ0) is 14.5. The van der Waals surface area contributed by atoms with Crippen molar-refractivity contribution >= 4 is 5.82 Å². The standard InChI is InChI=1S/C16H17N5/c1-2-14-9-16(19-11-18-14)17-10-12-3-5-13(6-4-12)15-7-8-20-21-15/h3-9,11H,2,10H2,1H3,(H,20,21)(H,17,18,19). The summed E-state index contributed by atoms with van der Waals surface area (Å²) in [6, 6.07) is 12.3. The van der Waals surface area contributed by atoms with Crippen LogP contribution in [0.4, 0.5) is 5.82 Å². The first-order valence-electron chi connectivity index (χ1n) is 6.98. The Balaban J connectivity index is 1.65. The Morgan fingerprint density at radius 2 is 1.95 bits per heavy atom. The summed E-state index contributed by atoms with van der Waals surface area (Å²) in [6.45, 7) is 2.82. The molecule has 0 radical (unpaired) electrons. The van der Waals surface area contributed by atoms with Crippen LogP contribution in [-0.2, 0) is 13.0 Å². The highest BCUT2D eigenvalue weighted by Gasteiger charge is 2.00. The van der Waals surface area contributed by atoms with E-state index in [1.807, 2.05) is 12.1 Å². The van der Waals surface area contributed by atoms with Crippen LogP contribution in [0.25, 0.3) is 11.3 Å². The second-order valence-corrected chi connectivity index (χ2v) is 4.77. The molecular formula is C16H17N5. The number of nitrogens with one attached hydrogen (secondary N) is 2. The van der Waals surface area contributed by atoms with Gasteiger partial charge in [0.2, 0.25) is 0 Å². The summed E-state index contributed by atoms with van der Waals surface area (Å²) in [5.41, 5.74) is 4.40. The van der Waals surface area contributed by atoms with Gasteiger partial charge in [0.05, 0.1) is 5.69 Å². The minimum atomic E-state index is 0.740. The molecule has 0 fully saturated rings. The highest BCUT2D eigenvalue weighted by molar-refractivity contribution is 5.58. The normalized spacial score (nSPS) is 10.5. The summed E-state index contributed by atoms with van der Waals surface area (Å²) in [4.78, 5) is 8.42. The number of nitrogens with zero attached hydrogens (tertiary/aromatic N) is 3. The van der Waals surface area contributed by atoms with Gasteiger partial charge in [0.15, 0.2) is 0 Å². The second-order valence-electron chi connectivity index (χ2n) is 4.77. The van der Waals surface area contributed by atoms with Gasteiger partial charge < -0.3 is 5.32 Å². The molecular weight excluding hydrogens is 262 g/mol. The number of hydrogen-bond donors (Lipinski definition) is 2. The van der Waals surface area contributed by atoms with E-state index in [1.165, 1.54) is 5.56 Å². The smallest absolute Gasteiger partial charge is 0.129 e. The first kappa shape index (κ1) is 13.3. The molecule has 0 spiro atoms. The molecule has 5 nitrogen and oxygen atoms in total. The van der Waals surface area contributed by atoms with Crippen molar-refractivity contribution in [1.29, 1.82) is 0 Å². The quantitative estimate of drug-likeness (QED) is 0.753. The van der Waals surface area contributed by atoms with Crippen molar-refractivity contribution in [2.75, 3.05) is 5.32 Å². The predicted molar refractivity (Wildman–Crippen MR) is 82.8 cm³/mol. The summed E-state index contributed by atoms with van der Waals surface area (Å²) in [5, 5.41) is 10.2. The fourth-order valence-electron chi connectivity index (χ4n) is 2.10. The van der Waals surface area contributed by atoms with Gasteiger partial charge in [0.25, 0.3) is 0 Å². The summed E-state index contributed by atoms with van der Waals surface area (Å²) < 4.78 is 0. The van der Waals surface area contributed by atoms with Crippen molar-refractivity contribution in [3.8, 4) is 11.3 Å². The second kappa shape index (κ2) is 6.17. The number of rotatable bonds is 5. The molecule has 3 rings (SSSR count). The molecule has 2 N–H and O–H groups in total. The van der Waals surface area contributed by atoms with Crippen molar-refractivity contribution in [3.63, 3.8) is 0 Å². The van der Waals surface area contributed by atoms with Gasteiger partial charge in [-0.25, -0.2) is 9.97 Å². The highest BCUT2D eigenvalue weighted by Crippen LogP contribution is 2.17. The van der Waals surface area contributed by atoms with Gasteiger partial charge in [-0.3, -0.25) is 5.10 Å². The molecule has 5 heteroatoms. The van der Waals surface area contributed by atoms with Crippen LogP contribution in [0.1, 0.15) is 18.2 Å². The van der Waals surface area contributed by atoms with Crippen LogP contribution in [0.2, 0.25) is 0 Å². The molecule has 106 valence electrons. The third kappa shape index (κ3) is 3.25. The first-order valence-corrected chi connectivity index (χ1v) is 6.98.